The highest BCUT2D eigenvalue weighted by molar-refractivity contribution is 5.76. The maximum absolute atomic E-state index is 12.2. The van der Waals surface area contributed by atoms with Crippen molar-refractivity contribution in [2.45, 2.75) is 82.1 Å². The van der Waals surface area contributed by atoms with Gasteiger partial charge in [0.1, 0.15) is 0 Å². The molecule has 0 aromatic carbocycles. The number of carbonyl (C=O) groups is 1. The summed E-state index contributed by atoms with van der Waals surface area (Å²) in [6.07, 6.45) is 9.79. The molecule has 27 heavy (non-hydrogen) atoms. The molecule has 0 bridgehead atoms. The number of β-amino-alcohol motifs (C(OH)–C–C–N with tert-alkyl or cyclic N) is 1. The summed E-state index contributed by atoms with van der Waals surface area (Å²) in [5, 5.41) is 13.3. The fourth-order valence-corrected chi connectivity index (χ4v) is 5.04. The minimum Gasteiger partial charge on any atom is -0.389 e. The van der Waals surface area contributed by atoms with Crippen molar-refractivity contribution in [2.24, 2.45) is 11.8 Å². The van der Waals surface area contributed by atoms with E-state index in [0.717, 1.165) is 31.8 Å². The molecule has 0 unspecified atom stereocenters. The molecular weight excluding hydrogens is 344 g/mol. The minimum atomic E-state index is -0.418. The maximum Gasteiger partial charge on any atom is 0.222 e. The van der Waals surface area contributed by atoms with Gasteiger partial charge in [0, 0.05) is 25.7 Å². The lowest BCUT2D eigenvalue weighted by molar-refractivity contribution is -0.158. The molecule has 0 radical (unpaired) electrons. The summed E-state index contributed by atoms with van der Waals surface area (Å²) in [6, 6.07) is 0.298. The summed E-state index contributed by atoms with van der Waals surface area (Å²) in [4.78, 5) is 14.7. The van der Waals surface area contributed by atoms with Crippen molar-refractivity contribution < 1.29 is 19.4 Å². The topological polar surface area (TPSA) is 71.0 Å². The van der Waals surface area contributed by atoms with Crippen molar-refractivity contribution in [3.8, 4) is 0 Å². The smallest absolute Gasteiger partial charge is 0.222 e. The standard InChI is InChI=1S/C21H36N2O4/c24-17-12-23(11-16-3-1-2-4-16)19-8-7-18(27-20(19)14-26-13-17)9-21(25)22-10-15-5-6-15/h15-20,24H,1-14H2,(H,22,25)/t17-,18-,19+,20-/m1/s1. The van der Waals surface area contributed by atoms with Gasteiger partial charge in [0.25, 0.3) is 0 Å². The molecule has 4 aliphatic rings. The molecular formula is C21H36N2O4. The van der Waals surface area contributed by atoms with Gasteiger partial charge in [0.15, 0.2) is 0 Å². The molecule has 2 aliphatic heterocycles. The van der Waals surface area contributed by atoms with Crippen LogP contribution in [0.3, 0.4) is 0 Å². The number of hydrogen-bond acceptors (Lipinski definition) is 5. The van der Waals surface area contributed by atoms with E-state index in [1.54, 1.807) is 0 Å². The predicted molar refractivity (Wildman–Crippen MR) is 102 cm³/mol. The molecule has 0 spiro atoms. The average Bonchev–Trinajstić information content (AvgIpc) is 3.33. The first-order valence-corrected chi connectivity index (χ1v) is 11.1. The number of nitrogens with zero attached hydrogens (tertiary/aromatic N) is 1. The van der Waals surface area contributed by atoms with Gasteiger partial charge in [0.2, 0.25) is 5.91 Å². The lowest BCUT2D eigenvalue weighted by Gasteiger charge is -2.45. The first-order chi connectivity index (χ1) is 13.2. The monoisotopic (exact) mass is 380 g/mol. The van der Waals surface area contributed by atoms with E-state index < -0.39 is 6.10 Å². The zero-order chi connectivity index (χ0) is 18.6. The number of aliphatic hydroxyl groups excluding tert-OH is 1. The van der Waals surface area contributed by atoms with Gasteiger partial charge in [-0.3, -0.25) is 9.69 Å². The number of fused-ring (bicyclic) bond motifs is 1. The van der Waals surface area contributed by atoms with Crippen molar-refractivity contribution in [2.75, 3.05) is 32.8 Å². The molecule has 2 heterocycles. The second-order valence-corrected chi connectivity index (χ2v) is 9.19. The molecule has 4 rings (SSSR count). The number of nitrogens with one attached hydrogen (secondary N) is 1. The second kappa shape index (κ2) is 9.21. The zero-order valence-electron chi connectivity index (χ0n) is 16.5. The van der Waals surface area contributed by atoms with Crippen molar-refractivity contribution in [3.05, 3.63) is 0 Å². The fraction of sp³-hybridized carbons (Fsp3) is 0.952. The van der Waals surface area contributed by atoms with E-state index >= 15 is 0 Å². The summed E-state index contributed by atoms with van der Waals surface area (Å²) in [5.74, 6) is 1.58. The second-order valence-electron chi connectivity index (χ2n) is 9.19. The van der Waals surface area contributed by atoms with E-state index in [4.69, 9.17) is 9.47 Å². The van der Waals surface area contributed by atoms with Crippen molar-refractivity contribution in [1.29, 1.82) is 0 Å². The number of carbonyl (C=O) groups excluding carboxylic acids is 1. The Morgan fingerprint density at radius 3 is 2.63 bits per heavy atom. The van der Waals surface area contributed by atoms with Crippen LogP contribution in [0.5, 0.6) is 0 Å². The fourth-order valence-electron chi connectivity index (χ4n) is 5.04. The molecule has 4 fully saturated rings. The number of rotatable bonds is 6. The molecule has 2 N–H and O–H groups in total. The normalized spacial score (nSPS) is 36.0. The van der Waals surface area contributed by atoms with Gasteiger partial charge in [-0.1, -0.05) is 12.8 Å². The largest absolute Gasteiger partial charge is 0.389 e. The van der Waals surface area contributed by atoms with Crippen LogP contribution in [0.1, 0.15) is 57.8 Å². The molecule has 0 aromatic heterocycles. The Balaban J connectivity index is 1.32. The summed E-state index contributed by atoms with van der Waals surface area (Å²) < 4.78 is 12.1. The molecule has 154 valence electrons. The van der Waals surface area contributed by atoms with E-state index in [2.05, 4.69) is 10.2 Å². The van der Waals surface area contributed by atoms with Crippen LogP contribution in [0.15, 0.2) is 0 Å². The van der Waals surface area contributed by atoms with Gasteiger partial charge in [-0.05, 0) is 50.4 Å². The van der Waals surface area contributed by atoms with Gasteiger partial charge < -0.3 is 19.9 Å². The van der Waals surface area contributed by atoms with Gasteiger partial charge in [-0.15, -0.1) is 0 Å². The Morgan fingerprint density at radius 1 is 1.04 bits per heavy atom. The Kier molecular flexibility index (Phi) is 6.69. The van der Waals surface area contributed by atoms with Crippen LogP contribution in [0.2, 0.25) is 0 Å². The van der Waals surface area contributed by atoms with Gasteiger partial charge >= 0.3 is 0 Å². The highest BCUT2D eigenvalue weighted by Gasteiger charge is 2.39. The number of hydrogen-bond donors (Lipinski definition) is 2. The molecule has 0 aromatic rings. The Hall–Kier alpha value is -0.690. The number of ether oxygens (including phenoxy) is 2. The molecule has 2 aliphatic carbocycles. The van der Waals surface area contributed by atoms with Crippen molar-refractivity contribution in [3.63, 3.8) is 0 Å². The van der Waals surface area contributed by atoms with E-state index in [9.17, 15) is 9.90 Å². The zero-order valence-corrected chi connectivity index (χ0v) is 16.5. The van der Waals surface area contributed by atoms with E-state index in [1.807, 2.05) is 0 Å². The third kappa shape index (κ3) is 5.66. The molecule has 4 atom stereocenters. The third-order valence-corrected chi connectivity index (χ3v) is 6.75. The van der Waals surface area contributed by atoms with E-state index in [-0.39, 0.29) is 18.1 Å². The average molecular weight is 381 g/mol. The molecule has 1 amide bonds. The van der Waals surface area contributed by atoms with Crippen LogP contribution < -0.4 is 5.32 Å². The Labute approximate surface area is 163 Å². The first-order valence-electron chi connectivity index (χ1n) is 11.1. The van der Waals surface area contributed by atoms with E-state index in [0.29, 0.717) is 38.1 Å². The SMILES string of the molecule is O=C(C[C@H]1CC[C@H]2[C@@H](COC[C@H](O)CN2CC2CCCC2)O1)NCC1CC1. The Morgan fingerprint density at radius 2 is 1.85 bits per heavy atom. The van der Waals surface area contributed by atoms with Crippen LogP contribution in [0.25, 0.3) is 0 Å². The predicted octanol–water partition coefficient (Wildman–Crippen LogP) is 1.70. The number of amides is 1. The van der Waals surface area contributed by atoms with Gasteiger partial charge in [0.05, 0.1) is 37.9 Å². The summed E-state index contributed by atoms with van der Waals surface area (Å²) in [5.41, 5.74) is 0. The van der Waals surface area contributed by atoms with Crippen LogP contribution in [0, 0.1) is 11.8 Å². The van der Waals surface area contributed by atoms with Gasteiger partial charge in [-0.25, -0.2) is 0 Å². The van der Waals surface area contributed by atoms with Crippen LogP contribution in [0.4, 0.5) is 0 Å². The first kappa shape index (κ1) is 19.6. The summed E-state index contributed by atoms with van der Waals surface area (Å²) >= 11 is 0. The van der Waals surface area contributed by atoms with E-state index in [1.165, 1.54) is 38.5 Å². The van der Waals surface area contributed by atoms with Crippen molar-refractivity contribution >= 4 is 5.91 Å². The summed E-state index contributed by atoms with van der Waals surface area (Å²) in [6.45, 7) is 3.46. The number of aliphatic hydroxyl groups is 1. The molecule has 2 saturated carbocycles. The Bertz CT molecular complexity index is 493. The minimum absolute atomic E-state index is 0.00765. The summed E-state index contributed by atoms with van der Waals surface area (Å²) in [7, 11) is 0. The maximum atomic E-state index is 12.2. The van der Waals surface area contributed by atoms with Crippen LogP contribution in [-0.4, -0.2) is 73.1 Å². The highest BCUT2D eigenvalue weighted by atomic mass is 16.5. The third-order valence-electron chi connectivity index (χ3n) is 6.75. The van der Waals surface area contributed by atoms with Crippen LogP contribution >= 0.6 is 0 Å². The lowest BCUT2D eigenvalue weighted by atomic mass is 9.93. The molecule has 2 saturated heterocycles. The van der Waals surface area contributed by atoms with Crippen LogP contribution in [-0.2, 0) is 14.3 Å². The lowest BCUT2D eigenvalue weighted by Crippen LogP contribution is -2.56. The van der Waals surface area contributed by atoms with Gasteiger partial charge in [-0.2, -0.15) is 0 Å². The highest BCUT2D eigenvalue weighted by Crippen LogP contribution is 2.32. The molecule has 6 nitrogen and oxygen atoms in total. The molecule has 6 heteroatoms. The quantitative estimate of drug-likeness (QED) is 0.734. The van der Waals surface area contributed by atoms with Crippen molar-refractivity contribution in [1.82, 2.24) is 10.2 Å².